The van der Waals surface area contributed by atoms with Crippen LogP contribution in [0.2, 0.25) is 4.34 Å². The molecule has 0 atom stereocenters. The van der Waals surface area contributed by atoms with E-state index in [-0.39, 0.29) is 0 Å². The van der Waals surface area contributed by atoms with Crippen molar-refractivity contribution in [2.24, 2.45) is 17.8 Å². The molecule has 0 aliphatic heterocycles. The molecule has 122 valence electrons. The van der Waals surface area contributed by atoms with E-state index in [1.165, 1.54) is 49.9 Å². The summed E-state index contributed by atoms with van der Waals surface area (Å²) in [6.45, 7) is 0.813. The summed E-state index contributed by atoms with van der Waals surface area (Å²) in [6.07, 6.45) is 8.54. The summed E-state index contributed by atoms with van der Waals surface area (Å²) in [5.41, 5.74) is 2.39. The molecule has 2 heterocycles. The normalized spacial score (nSPS) is 35.1. The summed E-state index contributed by atoms with van der Waals surface area (Å²) < 4.78 is 6.28. The fourth-order valence-corrected chi connectivity index (χ4v) is 6.45. The topological polar surface area (TPSA) is 38.1 Å². The van der Waals surface area contributed by atoms with E-state index in [4.69, 9.17) is 16.1 Å². The van der Waals surface area contributed by atoms with E-state index in [2.05, 4.69) is 10.5 Å². The van der Waals surface area contributed by atoms with Gasteiger partial charge in [-0.3, -0.25) is 0 Å². The number of halogens is 1. The summed E-state index contributed by atoms with van der Waals surface area (Å²) in [6, 6.07) is 3.98. The first kappa shape index (κ1) is 14.5. The van der Waals surface area contributed by atoms with E-state index in [0.29, 0.717) is 5.54 Å². The molecule has 4 bridgehead atoms. The Kier molecular flexibility index (Phi) is 3.36. The van der Waals surface area contributed by atoms with Gasteiger partial charge in [0, 0.05) is 29.1 Å². The van der Waals surface area contributed by atoms with Gasteiger partial charge >= 0.3 is 0 Å². The van der Waals surface area contributed by atoms with E-state index in [9.17, 15) is 0 Å². The van der Waals surface area contributed by atoms with Crippen LogP contribution in [-0.2, 0) is 6.54 Å². The van der Waals surface area contributed by atoms with Crippen LogP contribution >= 0.6 is 22.9 Å². The molecule has 4 saturated carbocycles. The zero-order valence-electron chi connectivity index (χ0n) is 13.1. The van der Waals surface area contributed by atoms with Crippen LogP contribution in [0.25, 0.3) is 11.3 Å². The summed E-state index contributed by atoms with van der Waals surface area (Å²) in [7, 11) is 0. The van der Waals surface area contributed by atoms with Crippen LogP contribution in [0.4, 0.5) is 0 Å². The van der Waals surface area contributed by atoms with Crippen molar-refractivity contribution in [1.29, 1.82) is 0 Å². The maximum atomic E-state index is 6.00. The quantitative estimate of drug-likeness (QED) is 0.833. The first-order valence-corrected chi connectivity index (χ1v) is 9.88. The summed E-state index contributed by atoms with van der Waals surface area (Å²) in [5.74, 6) is 3.72. The standard InChI is InChI=1S/C18H21ClN2OS/c19-17-4-14(10-23-17)16-5-15(21-22-16)9-20-18-6-11-1-12(7-18)3-13(2-11)8-18/h4-5,10-13,20H,1-3,6-9H2. The van der Waals surface area contributed by atoms with Crippen LogP contribution in [0.3, 0.4) is 0 Å². The first-order chi connectivity index (χ1) is 11.2. The zero-order valence-corrected chi connectivity index (χ0v) is 14.6. The highest BCUT2D eigenvalue weighted by atomic mass is 35.5. The average Bonchev–Trinajstić information content (AvgIpc) is 3.12. The van der Waals surface area contributed by atoms with Crippen molar-refractivity contribution in [3.8, 4) is 11.3 Å². The van der Waals surface area contributed by atoms with Gasteiger partial charge in [-0.15, -0.1) is 11.3 Å². The lowest BCUT2D eigenvalue weighted by molar-refractivity contribution is -0.0208. The summed E-state index contributed by atoms with van der Waals surface area (Å²) >= 11 is 7.52. The van der Waals surface area contributed by atoms with E-state index in [1.807, 2.05) is 17.5 Å². The number of thiophene rings is 1. The molecule has 4 aliphatic carbocycles. The van der Waals surface area contributed by atoms with Crippen molar-refractivity contribution in [2.75, 3.05) is 0 Å². The third-order valence-corrected chi connectivity index (χ3v) is 7.18. The van der Waals surface area contributed by atoms with Gasteiger partial charge in [-0.2, -0.15) is 0 Å². The van der Waals surface area contributed by atoms with Gasteiger partial charge in [-0.05, 0) is 62.3 Å². The molecule has 4 aliphatic rings. The molecular formula is C18H21ClN2OS. The Bertz CT molecular complexity index is 687. The van der Waals surface area contributed by atoms with Gasteiger partial charge in [0.05, 0.1) is 10.0 Å². The van der Waals surface area contributed by atoms with E-state index in [0.717, 1.165) is 45.7 Å². The maximum absolute atomic E-state index is 6.00. The lowest BCUT2D eigenvalue weighted by atomic mass is 9.53. The molecule has 2 aromatic rings. The Labute approximate surface area is 145 Å². The smallest absolute Gasteiger partial charge is 0.168 e. The molecule has 0 saturated heterocycles. The number of nitrogens with one attached hydrogen (secondary N) is 1. The molecular weight excluding hydrogens is 328 g/mol. The van der Waals surface area contributed by atoms with Crippen LogP contribution in [0.1, 0.15) is 44.2 Å². The van der Waals surface area contributed by atoms with Crippen molar-refractivity contribution in [2.45, 2.75) is 50.6 Å². The van der Waals surface area contributed by atoms with Crippen LogP contribution < -0.4 is 5.32 Å². The van der Waals surface area contributed by atoms with Crippen LogP contribution in [-0.4, -0.2) is 10.7 Å². The average molecular weight is 349 g/mol. The molecule has 0 spiro atoms. The highest BCUT2D eigenvalue weighted by molar-refractivity contribution is 7.14. The molecule has 1 N–H and O–H groups in total. The van der Waals surface area contributed by atoms with Gasteiger partial charge in [-0.1, -0.05) is 16.8 Å². The van der Waals surface area contributed by atoms with Crippen molar-refractivity contribution in [1.82, 2.24) is 10.5 Å². The molecule has 5 heteroatoms. The Morgan fingerprint density at radius 3 is 2.48 bits per heavy atom. The minimum absolute atomic E-state index is 0.375. The van der Waals surface area contributed by atoms with Crippen LogP contribution in [0.5, 0.6) is 0 Å². The van der Waals surface area contributed by atoms with Gasteiger partial charge in [0.15, 0.2) is 5.76 Å². The van der Waals surface area contributed by atoms with Gasteiger partial charge in [0.25, 0.3) is 0 Å². The van der Waals surface area contributed by atoms with Crippen molar-refractivity contribution >= 4 is 22.9 Å². The fourth-order valence-electron chi connectivity index (χ4n) is 5.58. The SMILES string of the molecule is Clc1cc(-c2cc(CNC34CC5CC(CC(C5)C3)C4)no2)cs1. The minimum atomic E-state index is 0.375. The van der Waals surface area contributed by atoms with Crippen molar-refractivity contribution < 1.29 is 4.52 Å². The lowest BCUT2D eigenvalue weighted by Gasteiger charge is -2.57. The number of aromatic nitrogens is 1. The Balaban J connectivity index is 1.29. The van der Waals surface area contributed by atoms with Gasteiger partial charge in [-0.25, -0.2) is 0 Å². The lowest BCUT2D eigenvalue weighted by Crippen LogP contribution is -2.58. The van der Waals surface area contributed by atoms with Crippen LogP contribution in [0, 0.1) is 17.8 Å². The van der Waals surface area contributed by atoms with E-state index < -0.39 is 0 Å². The first-order valence-electron chi connectivity index (χ1n) is 8.62. The molecule has 0 unspecified atom stereocenters. The van der Waals surface area contributed by atoms with E-state index >= 15 is 0 Å². The Hall–Kier alpha value is -0.840. The molecule has 23 heavy (non-hydrogen) atoms. The maximum Gasteiger partial charge on any atom is 0.168 e. The predicted octanol–water partition coefficient (Wildman–Crippen LogP) is 5.11. The second kappa shape index (κ2) is 5.33. The highest BCUT2D eigenvalue weighted by Crippen LogP contribution is 2.55. The van der Waals surface area contributed by atoms with Gasteiger partial charge < -0.3 is 9.84 Å². The largest absolute Gasteiger partial charge is 0.356 e. The number of hydrogen-bond acceptors (Lipinski definition) is 4. The van der Waals surface area contributed by atoms with Crippen molar-refractivity contribution in [3.63, 3.8) is 0 Å². The highest BCUT2D eigenvalue weighted by Gasteiger charge is 2.50. The molecule has 0 aromatic carbocycles. The fraction of sp³-hybridized carbons (Fsp3) is 0.611. The second-order valence-corrected chi connectivity index (χ2v) is 9.42. The van der Waals surface area contributed by atoms with Crippen LogP contribution in [0.15, 0.2) is 22.0 Å². The van der Waals surface area contributed by atoms with E-state index in [1.54, 1.807) is 0 Å². The molecule has 0 amide bonds. The number of hydrogen-bond donors (Lipinski definition) is 1. The third-order valence-electron chi connectivity index (χ3n) is 6.09. The summed E-state index contributed by atoms with van der Waals surface area (Å²) in [4.78, 5) is 0. The summed E-state index contributed by atoms with van der Waals surface area (Å²) in [5, 5.41) is 10.1. The molecule has 4 fully saturated rings. The van der Waals surface area contributed by atoms with Crippen molar-refractivity contribution in [3.05, 3.63) is 27.5 Å². The zero-order chi connectivity index (χ0) is 15.4. The molecule has 0 radical (unpaired) electrons. The molecule has 3 nitrogen and oxygen atoms in total. The van der Waals surface area contributed by atoms with Gasteiger partial charge in [0.1, 0.15) is 0 Å². The minimum Gasteiger partial charge on any atom is -0.356 e. The second-order valence-electron chi connectivity index (χ2n) is 7.87. The van der Waals surface area contributed by atoms with Gasteiger partial charge in [0.2, 0.25) is 0 Å². The number of nitrogens with zero attached hydrogens (tertiary/aromatic N) is 1. The monoisotopic (exact) mass is 348 g/mol. The number of rotatable bonds is 4. The Morgan fingerprint density at radius 1 is 1.17 bits per heavy atom. The predicted molar refractivity (Wildman–Crippen MR) is 92.6 cm³/mol. The molecule has 6 rings (SSSR count). The molecule has 2 aromatic heterocycles. The Morgan fingerprint density at radius 2 is 1.87 bits per heavy atom. The third kappa shape index (κ3) is 2.65.